The quantitative estimate of drug-likeness (QED) is 0.580. The van der Waals surface area contributed by atoms with Gasteiger partial charge >= 0.3 is 6.18 Å². The molecule has 3 rings (SSSR count). The molecular formula is C24H31F3N6O3. The van der Waals surface area contributed by atoms with Crippen LogP contribution in [0.1, 0.15) is 48.5 Å². The largest absolute Gasteiger partial charge is 0.495 e. The van der Waals surface area contributed by atoms with E-state index in [1.54, 1.807) is 38.2 Å². The molecule has 1 fully saturated rings. The molecule has 1 aromatic carbocycles. The number of methoxy groups -OCH3 is 1. The van der Waals surface area contributed by atoms with Crippen LogP contribution in [0.4, 0.5) is 30.6 Å². The van der Waals surface area contributed by atoms with Crippen LogP contribution in [0.25, 0.3) is 0 Å². The number of aromatic nitrogens is 2. The number of alkyl halides is 3. The van der Waals surface area contributed by atoms with Crippen LogP contribution in [-0.4, -0.2) is 71.9 Å². The number of nitrogens with zero attached hydrogens (tertiary/aromatic N) is 4. The summed E-state index contributed by atoms with van der Waals surface area (Å²) in [6.45, 7) is 1.43. The fraction of sp³-hybridized carbons (Fsp3) is 0.500. The van der Waals surface area contributed by atoms with Crippen molar-refractivity contribution >= 4 is 29.3 Å². The molecule has 1 saturated carbocycles. The predicted molar refractivity (Wildman–Crippen MR) is 129 cm³/mol. The Kier molecular flexibility index (Phi) is 8.26. The van der Waals surface area contributed by atoms with Crippen LogP contribution in [0.15, 0.2) is 24.4 Å². The van der Waals surface area contributed by atoms with Gasteiger partial charge in [0.1, 0.15) is 17.1 Å². The Balaban J connectivity index is 1.93. The van der Waals surface area contributed by atoms with Crippen molar-refractivity contribution in [2.24, 2.45) is 0 Å². The molecule has 0 aliphatic heterocycles. The maximum Gasteiger partial charge on any atom is 0.421 e. The van der Waals surface area contributed by atoms with Gasteiger partial charge in [-0.05, 0) is 31.0 Å². The SMILES string of the molecule is COc1cc(C(=O)N(C)C)ccc1Nc1ncc(C(F)(F)F)c(N[C@@H]2CCCC[C@H]2N(C)C(C)=O)n1. The zero-order chi connectivity index (χ0) is 26.6. The Hall–Kier alpha value is -3.57. The molecule has 0 bridgehead atoms. The van der Waals surface area contributed by atoms with Gasteiger partial charge in [-0.15, -0.1) is 0 Å². The monoisotopic (exact) mass is 508 g/mol. The Labute approximate surface area is 208 Å². The van der Waals surface area contributed by atoms with Gasteiger partial charge in [0.25, 0.3) is 5.91 Å². The number of amides is 2. The number of hydrogen-bond donors (Lipinski definition) is 2. The summed E-state index contributed by atoms with van der Waals surface area (Å²) in [6.07, 6.45) is -0.964. The normalized spacial score (nSPS) is 17.8. The lowest BCUT2D eigenvalue weighted by Gasteiger charge is -2.38. The van der Waals surface area contributed by atoms with Gasteiger partial charge < -0.3 is 25.2 Å². The molecule has 9 nitrogen and oxygen atoms in total. The van der Waals surface area contributed by atoms with Crippen molar-refractivity contribution in [3.63, 3.8) is 0 Å². The first-order valence-electron chi connectivity index (χ1n) is 11.5. The van der Waals surface area contributed by atoms with Crippen LogP contribution in [0.3, 0.4) is 0 Å². The first kappa shape index (κ1) is 27.0. The zero-order valence-corrected chi connectivity index (χ0v) is 20.9. The first-order chi connectivity index (χ1) is 16.9. The molecule has 2 N–H and O–H groups in total. The standard InChI is InChI=1S/C24H31F3N6O3/c1-14(34)33(4)19-9-7-6-8-17(19)29-21-16(24(25,26)27)13-28-23(31-21)30-18-11-10-15(12-20(18)36-5)22(35)32(2)3/h10-13,17,19H,6-9H2,1-5H3,(H2,28,29,30,31)/t17-,19-/m1/s1. The number of rotatable bonds is 7. The number of anilines is 3. The van der Waals surface area contributed by atoms with Gasteiger partial charge in [0.15, 0.2) is 0 Å². The van der Waals surface area contributed by atoms with E-state index in [1.807, 2.05) is 0 Å². The third-order valence-electron chi connectivity index (χ3n) is 6.24. The van der Waals surface area contributed by atoms with Gasteiger partial charge in [0.2, 0.25) is 11.9 Å². The van der Waals surface area contributed by atoms with Gasteiger partial charge in [-0.3, -0.25) is 9.59 Å². The molecule has 2 atom stereocenters. The molecule has 0 saturated heterocycles. The Morgan fingerprint density at radius 3 is 2.44 bits per heavy atom. The van der Waals surface area contributed by atoms with Crippen molar-refractivity contribution < 1.29 is 27.5 Å². The van der Waals surface area contributed by atoms with E-state index in [4.69, 9.17) is 4.74 Å². The van der Waals surface area contributed by atoms with E-state index in [2.05, 4.69) is 20.6 Å². The average Bonchev–Trinajstić information content (AvgIpc) is 2.83. The van der Waals surface area contributed by atoms with Crippen molar-refractivity contribution in [3.05, 3.63) is 35.5 Å². The van der Waals surface area contributed by atoms with E-state index >= 15 is 0 Å². The van der Waals surface area contributed by atoms with Crippen molar-refractivity contribution in [3.8, 4) is 5.75 Å². The maximum absolute atomic E-state index is 13.8. The molecule has 196 valence electrons. The van der Waals surface area contributed by atoms with Gasteiger partial charge in [-0.25, -0.2) is 4.98 Å². The highest BCUT2D eigenvalue weighted by Crippen LogP contribution is 2.36. The molecule has 0 radical (unpaired) electrons. The van der Waals surface area contributed by atoms with E-state index in [1.165, 1.54) is 25.0 Å². The molecular weight excluding hydrogens is 477 g/mol. The van der Waals surface area contributed by atoms with Crippen LogP contribution >= 0.6 is 0 Å². The lowest BCUT2D eigenvalue weighted by molar-refractivity contribution is -0.137. The van der Waals surface area contributed by atoms with Crippen molar-refractivity contribution in [2.45, 2.75) is 50.9 Å². The first-order valence-corrected chi connectivity index (χ1v) is 11.5. The van der Waals surface area contributed by atoms with Gasteiger partial charge in [0.05, 0.1) is 18.8 Å². The smallest absolute Gasteiger partial charge is 0.421 e. The number of carbonyl (C=O) groups is 2. The third kappa shape index (κ3) is 6.16. The Bertz CT molecular complexity index is 1110. The van der Waals surface area contributed by atoms with E-state index < -0.39 is 17.8 Å². The van der Waals surface area contributed by atoms with E-state index in [-0.39, 0.29) is 29.6 Å². The predicted octanol–water partition coefficient (Wildman–Crippen LogP) is 4.15. The van der Waals surface area contributed by atoms with E-state index in [9.17, 15) is 22.8 Å². The topological polar surface area (TPSA) is 99.7 Å². The minimum absolute atomic E-state index is 0.0808. The molecule has 1 aromatic heterocycles. The summed E-state index contributed by atoms with van der Waals surface area (Å²) in [6, 6.07) is 4.01. The lowest BCUT2D eigenvalue weighted by atomic mass is 9.89. The molecule has 0 unspecified atom stereocenters. The molecule has 1 aliphatic rings. The van der Waals surface area contributed by atoms with Gasteiger partial charge in [-0.1, -0.05) is 12.8 Å². The van der Waals surface area contributed by atoms with Crippen molar-refractivity contribution in [2.75, 3.05) is 38.9 Å². The summed E-state index contributed by atoms with van der Waals surface area (Å²) in [7, 11) is 6.31. The fourth-order valence-electron chi connectivity index (χ4n) is 4.22. The number of benzene rings is 1. The molecule has 1 aliphatic carbocycles. The van der Waals surface area contributed by atoms with Crippen molar-refractivity contribution in [1.29, 1.82) is 0 Å². The lowest BCUT2D eigenvalue weighted by Crippen LogP contribution is -2.49. The number of halogens is 3. The van der Waals surface area contributed by atoms with Gasteiger partial charge in [0, 0.05) is 45.9 Å². The summed E-state index contributed by atoms with van der Waals surface area (Å²) in [4.78, 5) is 35.2. The van der Waals surface area contributed by atoms with Crippen molar-refractivity contribution in [1.82, 2.24) is 19.8 Å². The second-order valence-electron chi connectivity index (χ2n) is 8.93. The highest BCUT2D eigenvalue weighted by molar-refractivity contribution is 5.95. The second kappa shape index (κ2) is 11.0. The van der Waals surface area contributed by atoms with Crippen LogP contribution in [0.2, 0.25) is 0 Å². The van der Waals surface area contributed by atoms with Crippen LogP contribution in [0, 0.1) is 0 Å². The minimum atomic E-state index is -4.68. The second-order valence-corrected chi connectivity index (χ2v) is 8.93. The van der Waals surface area contributed by atoms with E-state index in [0.29, 0.717) is 29.8 Å². The number of hydrogen-bond acceptors (Lipinski definition) is 7. The summed E-state index contributed by atoms with van der Waals surface area (Å²) in [5.74, 6) is -0.529. The molecule has 2 amide bonds. The zero-order valence-electron chi connectivity index (χ0n) is 20.9. The van der Waals surface area contributed by atoms with Crippen LogP contribution < -0.4 is 15.4 Å². The number of carbonyl (C=O) groups excluding carboxylic acids is 2. The molecule has 12 heteroatoms. The average molecular weight is 509 g/mol. The molecule has 36 heavy (non-hydrogen) atoms. The maximum atomic E-state index is 13.8. The third-order valence-corrected chi connectivity index (χ3v) is 6.24. The van der Waals surface area contributed by atoms with Crippen LogP contribution in [0.5, 0.6) is 5.75 Å². The summed E-state index contributed by atoms with van der Waals surface area (Å²) in [5.41, 5.74) is -0.233. The molecule has 1 heterocycles. The molecule has 2 aromatic rings. The Morgan fingerprint density at radius 1 is 1.14 bits per heavy atom. The number of ether oxygens (including phenoxy) is 1. The number of nitrogens with one attached hydrogen (secondary N) is 2. The highest BCUT2D eigenvalue weighted by Gasteiger charge is 2.37. The summed E-state index contributed by atoms with van der Waals surface area (Å²) in [5, 5.41) is 5.83. The number of likely N-dealkylation sites (N-methyl/N-ethyl adjacent to an activating group) is 1. The Morgan fingerprint density at radius 2 is 1.83 bits per heavy atom. The summed E-state index contributed by atoms with van der Waals surface area (Å²) >= 11 is 0. The molecule has 0 spiro atoms. The fourth-order valence-corrected chi connectivity index (χ4v) is 4.22. The minimum Gasteiger partial charge on any atom is -0.495 e. The highest BCUT2D eigenvalue weighted by atomic mass is 19.4. The van der Waals surface area contributed by atoms with E-state index in [0.717, 1.165) is 19.0 Å². The van der Waals surface area contributed by atoms with Crippen LogP contribution in [-0.2, 0) is 11.0 Å². The summed E-state index contributed by atoms with van der Waals surface area (Å²) < 4.78 is 46.7. The van der Waals surface area contributed by atoms with Gasteiger partial charge in [-0.2, -0.15) is 18.2 Å².